The van der Waals surface area contributed by atoms with Crippen LogP contribution >= 0.6 is 0 Å². The van der Waals surface area contributed by atoms with E-state index in [9.17, 15) is 0 Å². The maximum atomic E-state index is 5.89. The minimum atomic E-state index is 0.488. The van der Waals surface area contributed by atoms with Crippen LogP contribution in [0.15, 0.2) is 54.7 Å². The van der Waals surface area contributed by atoms with Gasteiger partial charge in [0.1, 0.15) is 18.1 Å². The molecule has 0 amide bonds. The van der Waals surface area contributed by atoms with Gasteiger partial charge in [0.2, 0.25) is 0 Å². The average molecular weight is 253 g/mol. The van der Waals surface area contributed by atoms with E-state index in [1.807, 2.05) is 48.7 Å². The Bertz CT molecular complexity index is 688. The smallest absolute Gasteiger partial charge is 0.143 e. The van der Waals surface area contributed by atoms with Crippen molar-refractivity contribution in [2.75, 3.05) is 7.11 Å². The number of methoxy groups -OCH3 is 1. The first-order valence-corrected chi connectivity index (χ1v) is 6.19. The maximum Gasteiger partial charge on any atom is 0.143 e. The van der Waals surface area contributed by atoms with Crippen LogP contribution in [0.4, 0.5) is 0 Å². The summed E-state index contributed by atoms with van der Waals surface area (Å²) in [5, 5.41) is 1.15. The van der Waals surface area contributed by atoms with Crippen molar-refractivity contribution in [1.82, 2.24) is 4.98 Å². The number of aromatic amines is 1. The molecule has 0 saturated carbocycles. The molecular formula is C16H15NO2. The molecule has 3 aromatic rings. The second-order valence-electron chi connectivity index (χ2n) is 4.30. The molecule has 0 saturated heterocycles. The Morgan fingerprint density at radius 3 is 2.68 bits per heavy atom. The molecule has 96 valence electrons. The quantitative estimate of drug-likeness (QED) is 0.768. The number of para-hydroxylation sites is 2. The summed E-state index contributed by atoms with van der Waals surface area (Å²) in [7, 11) is 1.67. The fraction of sp³-hybridized carbons (Fsp3) is 0.125. The fourth-order valence-corrected chi connectivity index (χ4v) is 2.15. The first kappa shape index (κ1) is 11.7. The van der Waals surface area contributed by atoms with Crippen molar-refractivity contribution < 1.29 is 9.47 Å². The molecule has 3 nitrogen and oxygen atoms in total. The first-order valence-electron chi connectivity index (χ1n) is 6.19. The summed E-state index contributed by atoms with van der Waals surface area (Å²) >= 11 is 0. The molecule has 0 spiro atoms. The lowest BCUT2D eigenvalue weighted by atomic mass is 10.2. The molecule has 1 aromatic heterocycles. The Hall–Kier alpha value is -2.42. The van der Waals surface area contributed by atoms with E-state index in [4.69, 9.17) is 9.47 Å². The molecule has 0 unspecified atom stereocenters. The normalized spacial score (nSPS) is 10.6. The molecule has 1 heterocycles. The van der Waals surface area contributed by atoms with Gasteiger partial charge < -0.3 is 14.5 Å². The van der Waals surface area contributed by atoms with Crippen LogP contribution in [0.1, 0.15) is 5.56 Å². The summed E-state index contributed by atoms with van der Waals surface area (Å²) in [4.78, 5) is 3.20. The molecule has 0 fully saturated rings. The van der Waals surface area contributed by atoms with Crippen molar-refractivity contribution >= 4 is 10.9 Å². The highest BCUT2D eigenvalue weighted by Gasteiger charge is 2.05. The molecule has 0 aliphatic rings. The van der Waals surface area contributed by atoms with Crippen LogP contribution in [0.2, 0.25) is 0 Å². The third kappa shape index (κ3) is 2.27. The lowest BCUT2D eigenvalue weighted by molar-refractivity contribution is 0.299. The molecule has 1 N–H and O–H groups in total. The summed E-state index contributed by atoms with van der Waals surface area (Å²) in [6.07, 6.45) is 1.92. The van der Waals surface area contributed by atoms with Crippen molar-refractivity contribution in [2.45, 2.75) is 6.61 Å². The number of fused-ring (bicyclic) bond motifs is 1. The number of ether oxygens (including phenoxy) is 2. The minimum Gasteiger partial charge on any atom is -0.496 e. The molecule has 0 aliphatic heterocycles. The summed E-state index contributed by atoms with van der Waals surface area (Å²) < 4.78 is 11.2. The first-order chi connectivity index (χ1) is 9.38. The highest BCUT2D eigenvalue weighted by molar-refractivity contribution is 5.85. The lowest BCUT2D eigenvalue weighted by Crippen LogP contribution is -1.98. The van der Waals surface area contributed by atoms with Gasteiger partial charge in [0.25, 0.3) is 0 Å². The summed E-state index contributed by atoms with van der Waals surface area (Å²) in [5.41, 5.74) is 2.06. The van der Waals surface area contributed by atoms with E-state index in [-0.39, 0.29) is 0 Å². The highest BCUT2D eigenvalue weighted by Crippen LogP contribution is 2.26. The van der Waals surface area contributed by atoms with E-state index in [1.165, 1.54) is 0 Å². The highest BCUT2D eigenvalue weighted by atomic mass is 16.5. The van der Waals surface area contributed by atoms with Gasteiger partial charge in [0, 0.05) is 17.1 Å². The average Bonchev–Trinajstić information content (AvgIpc) is 2.94. The molecule has 2 aromatic carbocycles. The van der Waals surface area contributed by atoms with E-state index >= 15 is 0 Å². The maximum absolute atomic E-state index is 5.89. The topological polar surface area (TPSA) is 34.2 Å². The van der Waals surface area contributed by atoms with Gasteiger partial charge in [-0.05, 0) is 18.2 Å². The van der Waals surface area contributed by atoms with Gasteiger partial charge in [0.05, 0.1) is 12.6 Å². The molecule has 0 radical (unpaired) electrons. The summed E-state index contributed by atoms with van der Waals surface area (Å²) in [6, 6.07) is 15.9. The molecule has 0 bridgehead atoms. The third-order valence-electron chi connectivity index (χ3n) is 3.12. The van der Waals surface area contributed by atoms with Gasteiger partial charge in [-0.2, -0.15) is 0 Å². The number of hydrogen-bond acceptors (Lipinski definition) is 2. The van der Waals surface area contributed by atoms with Crippen LogP contribution in [0.25, 0.3) is 10.9 Å². The van der Waals surface area contributed by atoms with Crippen molar-refractivity contribution in [3.05, 3.63) is 60.3 Å². The Morgan fingerprint density at radius 2 is 1.79 bits per heavy atom. The SMILES string of the molecule is COc1ccccc1COc1cccc2cc[nH]c12. The van der Waals surface area contributed by atoms with Crippen LogP contribution < -0.4 is 9.47 Å². The number of hydrogen-bond donors (Lipinski definition) is 1. The predicted octanol–water partition coefficient (Wildman–Crippen LogP) is 3.76. The predicted molar refractivity (Wildman–Crippen MR) is 75.6 cm³/mol. The van der Waals surface area contributed by atoms with Gasteiger partial charge >= 0.3 is 0 Å². The number of H-pyrrole nitrogens is 1. The van der Waals surface area contributed by atoms with E-state index in [0.29, 0.717) is 6.61 Å². The number of benzene rings is 2. The van der Waals surface area contributed by atoms with E-state index in [2.05, 4.69) is 11.1 Å². The zero-order chi connectivity index (χ0) is 13.1. The monoisotopic (exact) mass is 253 g/mol. The van der Waals surface area contributed by atoms with Crippen LogP contribution in [0.5, 0.6) is 11.5 Å². The fourth-order valence-electron chi connectivity index (χ4n) is 2.15. The third-order valence-corrected chi connectivity index (χ3v) is 3.12. The van der Waals surface area contributed by atoms with Crippen LogP contribution in [0.3, 0.4) is 0 Å². The van der Waals surface area contributed by atoms with Gasteiger partial charge in [-0.1, -0.05) is 30.3 Å². The van der Waals surface area contributed by atoms with Crippen LogP contribution in [-0.2, 0) is 6.61 Å². The Kier molecular flexibility index (Phi) is 3.11. The molecule has 0 atom stereocenters. The van der Waals surface area contributed by atoms with E-state index in [1.54, 1.807) is 7.11 Å². The second kappa shape index (κ2) is 5.06. The zero-order valence-electron chi connectivity index (χ0n) is 10.7. The van der Waals surface area contributed by atoms with Crippen molar-refractivity contribution in [3.63, 3.8) is 0 Å². The Morgan fingerprint density at radius 1 is 0.947 bits per heavy atom. The molecule has 3 rings (SSSR count). The second-order valence-corrected chi connectivity index (χ2v) is 4.30. The van der Waals surface area contributed by atoms with Gasteiger partial charge in [-0.25, -0.2) is 0 Å². The van der Waals surface area contributed by atoms with Crippen molar-refractivity contribution in [3.8, 4) is 11.5 Å². The van der Waals surface area contributed by atoms with Crippen molar-refractivity contribution in [1.29, 1.82) is 0 Å². The zero-order valence-corrected chi connectivity index (χ0v) is 10.7. The van der Waals surface area contributed by atoms with Gasteiger partial charge in [-0.3, -0.25) is 0 Å². The molecular weight excluding hydrogens is 238 g/mol. The minimum absolute atomic E-state index is 0.488. The Labute approximate surface area is 111 Å². The largest absolute Gasteiger partial charge is 0.496 e. The van der Waals surface area contributed by atoms with Crippen molar-refractivity contribution in [2.24, 2.45) is 0 Å². The van der Waals surface area contributed by atoms with Crippen LogP contribution in [-0.4, -0.2) is 12.1 Å². The van der Waals surface area contributed by atoms with Gasteiger partial charge in [0.15, 0.2) is 0 Å². The lowest BCUT2D eigenvalue weighted by Gasteiger charge is -2.10. The standard InChI is InChI=1S/C16H15NO2/c1-18-14-7-3-2-5-13(14)11-19-15-8-4-6-12-9-10-17-16(12)15/h2-10,17H,11H2,1H3. The molecule has 19 heavy (non-hydrogen) atoms. The van der Waals surface area contributed by atoms with Crippen LogP contribution in [0, 0.1) is 0 Å². The summed E-state index contributed by atoms with van der Waals surface area (Å²) in [5.74, 6) is 1.70. The summed E-state index contributed by atoms with van der Waals surface area (Å²) in [6.45, 7) is 0.488. The molecule has 0 aliphatic carbocycles. The molecule has 3 heteroatoms. The van der Waals surface area contributed by atoms with E-state index in [0.717, 1.165) is 28.0 Å². The number of aromatic nitrogens is 1. The number of rotatable bonds is 4. The van der Waals surface area contributed by atoms with Gasteiger partial charge in [-0.15, -0.1) is 0 Å². The van der Waals surface area contributed by atoms with E-state index < -0.39 is 0 Å². The number of nitrogens with one attached hydrogen (secondary N) is 1. The Balaban J connectivity index is 1.84.